The minimum atomic E-state index is -3.17. The smallest absolute Gasteiger partial charge is 0.324 e. The molecule has 17 nitrogen and oxygen atoms in total. The van der Waals surface area contributed by atoms with E-state index in [1.54, 1.807) is 45.5 Å². The molecule has 20 heteroatoms. The molecule has 0 bridgehead atoms. The van der Waals surface area contributed by atoms with Crippen molar-refractivity contribution < 1.29 is 60.6 Å². The van der Waals surface area contributed by atoms with Crippen LogP contribution in [0.15, 0.2) is 109 Å². The average molecular weight is 981 g/mol. The number of carbonyl (C=O) groups is 6. The van der Waals surface area contributed by atoms with Crippen molar-refractivity contribution in [3.63, 3.8) is 0 Å². The molecule has 2 aromatic heterocycles. The first-order chi connectivity index (χ1) is 33.7. The fourth-order valence-corrected chi connectivity index (χ4v) is 9.18. The highest BCUT2D eigenvalue weighted by Gasteiger charge is 2.41. The lowest BCUT2D eigenvalue weighted by Gasteiger charge is -2.24. The van der Waals surface area contributed by atoms with Gasteiger partial charge in [-0.05, 0) is 61.4 Å². The second-order valence-corrected chi connectivity index (χ2v) is 18.1. The van der Waals surface area contributed by atoms with Crippen molar-refractivity contribution in [3.05, 3.63) is 132 Å². The standard InChI is InChI=1S/C50H51F2N6O11P/c1-31(59)41-25-55(27-47(61)57-23-35(51)17-45(57)49(63)53-21-33-9-5-3-6-10-33)43-15-13-37(19-39(41)43)66-29-68-70(65)69-30-67-38-14-16-44-40(20-38)42(32(2)60)26-56(44)28-48(62)58-24-36(52)18-46(58)50(64)54-22-34-11-7-4-8-12-34/h3-16,19-20,25-26,35-36,45-46,70H,17-18,21-24,27-30H2,1-2H3,(H,53,63)(H,54,64)/t35-,36-,45+,46+/m1/s1. The number of carbonyl (C=O) groups excluding carboxylic acids is 6. The van der Waals surface area contributed by atoms with Gasteiger partial charge < -0.3 is 39.0 Å². The van der Waals surface area contributed by atoms with Crippen molar-refractivity contribution in [2.24, 2.45) is 0 Å². The molecule has 2 fully saturated rings. The summed E-state index contributed by atoms with van der Waals surface area (Å²) in [6.45, 7) is 1.20. The Morgan fingerprint density at radius 2 is 1.00 bits per heavy atom. The van der Waals surface area contributed by atoms with Gasteiger partial charge in [-0.3, -0.25) is 42.4 Å². The Morgan fingerprint density at radius 1 is 0.600 bits per heavy atom. The van der Waals surface area contributed by atoms with E-state index in [1.165, 1.54) is 36.0 Å². The zero-order valence-corrected chi connectivity index (χ0v) is 39.3. The summed E-state index contributed by atoms with van der Waals surface area (Å²) in [5.74, 6) is -1.98. The number of aromatic nitrogens is 2. The highest BCUT2D eigenvalue weighted by Crippen LogP contribution is 2.32. The van der Waals surface area contributed by atoms with Gasteiger partial charge in [-0.2, -0.15) is 0 Å². The molecule has 366 valence electrons. The lowest BCUT2D eigenvalue weighted by molar-refractivity contribution is -0.139. The largest absolute Gasteiger partial charge is 0.467 e. The Balaban J connectivity index is 0.829. The fraction of sp³-hybridized carbons (Fsp3) is 0.320. The third-order valence-electron chi connectivity index (χ3n) is 12.2. The Hall–Kier alpha value is -7.21. The molecule has 4 amide bonds. The van der Waals surface area contributed by atoms with Crippen molar-refractivity contribution >= 4 is 65.3 Å². The summed E-state index contributed by atoms with van der Waals surface area (Å²) in [6.07, 6.45) is 0.0404. The Kier molecular flexibility index (Phi) is 15.5. The van der Waals surface area contributed by atoms with Gasteiger partial charge in [-0.1, -0.05) is 60.7 Å². The topological polar surface area (TPSA) is 197 Å². The van der Waals surface area contributed by atoms with Crippen LogP contribution in [0.5, 0.6) is 11.5 Å². The molecule has 4 aromatic carbocycles. The molecule has 4 atom stereocenters. The maximum atomic E-state index is 14.6. The van der Waals surface area contributed by atoms with Crippen LogP contribution in [-0.4, -0.2) is 105 Å². The van der Waals surface area contributed by atoms with Crippen molar-refractivity contribution in [2.45, 2.75) is 77.3 Å². The van der Waals surface area contributed by atoms with Crippen LogP contribution < -0.4 is 20.1 Å². The molecule has 6 aromatic rings. The summed E-state index contributed by atoms with van der Waals surface area (Å²) in [7, 11) is -3.17. The van der Waals surface area contributed by atoms with Gasteiger partial charge in [0.25, 0.3) is 0 Å². The number of ether oxygens (including phenoxy) is 2. The molecule has 70 heavy (non-hydrogen) atoms. The molecule has 2 aliphatic heterocycles. The van der Waals surface area contributed by atoms with Crippen LogP contribution in [0.3, 0.4) is 0 Å². The molecule has 0 saturated carbocycles. The number of halogens is 2. The number of likely N-dealkylation sites (tertiary alicyclic amines) is 2. The van der Waals surface area contributed by atoms with Crippen molar-refractivity contribution in [1.29, 1.82) is 0 Å². The molecule has 0 unspecified atom stereocenters. The zero-order valence-electron chi connectivity index (χ0n) is 38.3. The number of ketones is 2. The number of Topliss-reactive ketones (excluding diaryl/α,β-unsaturated/α-hetero) is 2. The molecule has 0 spiro atoms. The molecular weight excluding hydrogens is 930 g/mol. The van der Waals surface area contributed by atoms with Gasteiger partial charge in [0, 0.05) is 71.3 Å². The van der Waals surface area contributed by atoms with E-state index in [9.17, 15) is 42.1 Å². The minimum Gasteiger partial charge on any atom is -0.467 e. The molecule has 4 heterocycles. The summed E-state index contributed by atoms with van der Waals surface area (Å²) in [4.78, 5) is 81.2. The van der Waals surface area contributed by atoms with Crippen LogP contribution in [0, 0.1) is 0 Å². The van der Waals surface area contributed by atoms with Gasteiger partial charge in [0.2, 0.25) is 23.6 Å². The maximum Gasteiger partial charge on any atom is 0.324 e. The van der Waals surface area contributed by atoms with Gasteiger partial charge in [-0.25, -0.2) is 8.78 Å². The van der Waals surface area contributed by atoms with E-state index in [4.69, 9.17) is 18.5 Å². The van der Waals surface area contributed by atoms with Crippen molar-refractivity contribution in [1.82, 2.24) is 29.6 Å². The fourth-order valence-electron chi connectivity index (χ4n) is 8.78. The van der Waals surface area contributed by atoms with Gasteiger partial charge in [0.05, 0.1) is 13.1 Å². The summed E-state index contributed by atoms with van der Waals surface area (Å²) in [5.41, 5.74) is 3.31. The van der Waals surface area contributed by atoms with E-state index in [2.05, 4.69) is 10.6 Å². The van der Waals surface area contributed by atoms with Crippen LogP contribution in [0.4, 0.5) is 8.78 Å². The third kappa shape index (κ3) is 11.6. The van der Waals surface area contributed by atoms with Crippen molar-refractivity contribution in [3.8, 4) is 11.5 Å². The maximum absolute atomic E-state index is 14.6. The first-order valence-electron chi connectivity index (χ1n) is 22.6. The molecule has 0 radical (unpaired) electrons. The molecule has 8 rings (SSSR count). The molecule has 0 aliphatic carbocycles. The number of hydrogen-bond donors (Lipinski definition) is 2. The van der Waals surface area contributed by atoms with Gasteiger partial charge in [0.1, 0.15) is 49.0 Å². The lowest BCUT2D eigenvalue weighted by Crippen LogP contribution is -2.46. The van der Waals surface area contributed by atoms with Gasteiger partial charge in [0.15, 0.2) is 25.2 Å². The van der Waals surface area contributed by atoms with Gasteiger partial charge in [-0.15, -0.1) is 0 Å². The average Bonchev–Trinajstić information content (AvgIpc) is 4.13. The van der Waals surface area contributed by atoms with Crippen LogP contribution >= 0.6 is 8.25 Å². The summed E-state index contributed by atoms with van der Waals surface area (Å²) in [6, 6.07) is 26.0. The van der Waals surface area contributed by atoms with E-state index in [0.29, 0.717) is 21.8 Å². The number of benzene rings is 4. The van der Waals surface area contributed by atoms with Crippen LogP contribution in [0.25, 0.3) is 21.8 Å². The molecule has 2 N–H and O–H groups in total. The second kappa shape index (κ2) is 22.0. The van der Waals surface area contributed by atoms with E-state index in [0.717, 1.165) is 11.1 Å². The summed E-state index contributed by atoms with van der Waals surface area (Å²) >= 11 is 0. The lowest BCUT2D eigenvalue weighted by atomic mass is 10.1. The number of nitrogens with zero attached hydrogens (tertiary/aromatic N) is 4. The van der Waals surface area contributed by atoms with E-state index < -0.39 is 69.9 Å². The Morgan fingerprint density at radius 3 is 1.39 bits per heavy atom. The number of nitrogens with one attached hydrogen (secondary N) is 2. The van der Waals surface area contributed by atoms with Gasteiger partial charge >= 0.3 is 8.25 Å². The quantitative estimate of drug-likeness (QED) is 0.0495. The third-order valence-corrected chi connectivity index (χ3v) is 13.0. The van der Waals surface area contributed by atoms with Crippen LogP contribution in [0.1, 0.15) is 58.5 Å². The SMILES string of the molecule is CC(=O)c1cn(CC(=O)N2C[C@H](F)C[C@H]2C(=O)NCc2ccccc2)c2ccc(OCO[PH](=O)OCOc3ccc4c(c3)c(C(C)=O)cn4CC(=O)N3C[C@H](F)C[C@H]3C(=O)NCc3ccccc3)cc12. The molecule has 2 aliphatic rings. The predicted octanol–water partition coefficient (Wildman–Crippen LogP) is 6.31. The van der Waals surface area contributed by atoms with Crippen LogP contribution in [-0.2, 0) is 59.0 Å². The zero-order chi connectivity index (χ0) is 49.5. The summed E-state index contributed by atoms with van der Waals surface area (Å²) in [5, 5.41) is 6.50. The van der Waals surface area contributed by atoms with E-state index in [-0.39, 0.29) is 86.3 Å². The first kappa shape index (κ1) is 49.2. The van der Waals surface area contributed by atoms with Crippen molar-refractivity contribution in [2.75, 3.05) is 26.7 Å². The minimum absolute atomic E-state index is 0.127. The number of fused-ring (bicyclic) bond motifs is 2. The Bertz CT molecular complexity index is 2750. The number of alkyl halides is 2. The highest BCUT2D eigenvalue weighted by molar-refractivity contribution is 7.33. The highest BCUT2D eigenvalue weighted by atomic mass is 31.1. The second-order valence-electron chi connectivity index (χ2n) is 17.1. The first-order valence-corrected chi connectivity index (χ1v) is 23.8. The summed E-state index contributed by atoms with van der Waals surface area (Å²) < 4.78 is 66.9. The normalized spacial score (nSPS) is 17.8. The Labute approximate surface area is 401 Å². The predicted molar refractivity (Wildman–Crippen MR) is 253 cm³/mol. The molecule has 2 saturated heterocycles. The number of amides is 4. The monoisotopic (exact) mass is 980 g/mol. The van der Waals surface area contributed by atoms with E-state index >= 15 is 0 Å². The molecular formula is C50H51F2N6O11P. The van der Waals surface area contributed by atoms with E-state index in [1.807, 2.05) is 60.7 Å². The van der Waals surface area contributed by atoms with Crippen LogP contribution in [0.2, 0.25) is 0 Å². The number of hydrogen-bond acceptors (Lipinski definition) is 11. The number of rotatable bonds is 20.